The van der Waals surface area contributed by atoms with Crippen molar-refractivity contribution in [2.24, 2.45) is 0 Å². The van der Waals surface area contributed by atoms with E-state index in [2.05, 4.69) is 110 Å². The first kappa shape index (κ1) is 28.2. The van der Waals surface area contributed by atoms with Crippen LogP contribution in [0.3, 0.4) is 0 Å². The van der Waals surface area contributed by atoms with Crippen LogP contribution in [-0.2, 0) is 16.5 Å². The zero-order valence-electron chi connectivity index (χ0n) is 21.5. The van der Waals surface area contributed by atoms with Crippen molar-refractivity contribution in [3.63, 3.8) is 0 Å². The van der Waals surface area contributed by atoms with E-state index in [9.17, 15) is 0 Å². The van der Waals surface area contributed by atoms with Gasteiger partial charge in [-0.05, 0) is 89.0 Å². The Morgan fingerprint density at radius 3 is 1.53 bits per heavy atom. The van der Waals surface area contributed by atoms with E-state index < -0.39 is 42.3 Å². The lowest BCUT2D eigenvalue weighted by molar-refractivity contribution is 0.290. The third-order valence-corrected chi connectivity index (χ3v) is 23.0. The number of benzene rings is 1. The summed E-state index contributed by atoms with van der Waals surface area (Å²) in [7, 11) is -10.7. The second-order valence-electron chi connectivity index (χ2n) is 11.2. The zero-order valence-corrected chi connectivity index (χ0v) is 26.5. The van der Waals surface area contributed by atoms with Gasteiger partial charge in [-0.2, -0.15) is 0 Å². The first-order chi connectivity index (χ1) is 13.4. The van der Waals surface area contributed by atoms with Crippen LogP contribution in [0.15, 0.2) is 30.3 Å². The summed E-state index contributed by atoms with van der Waals surface area (Å²) in [6.07, 6.45) is 0. The number of rotatable bonds is 12. The first-order valence-corrected chi connectivity index (χ1v) is 25.9. The van der Waals surface area contributed by atoms with Gasteiger partial charge >= 0.3 is 25.7 Å². The largest absolute Gasteiger partial charge is 0.437 e. The Kier molecular flexibility index (Phi) is 9.76. The summed E-state index contributed by atoms with van der Waals surface area (Å²) < 4.78 is 27.1. The fraction of sp³-hybridized carbons (Fsp3) is 0.714. The van der Waals surface area contributed by atoms with Gasteiger partial charge in [0.15, 0.2) is 16.6 Å². The van der Waals surface area contributed by atoms with Crippen LogP contribution in [0.1, 0.15) is 25.3 Å². The number of hydrogen-bond donors (Lipinski definition) is 0. The van der Waals surface area contributed by atoms with Gasteiger partial charge in [0.05, 0.1) is 0 Å². The highest BCUT2D eigenvalue weighted by atomic mass is 28.5. The molecule has 3 unspecified atom stereocenters. The Morgan fingerprint density at radius 2 is 1.10 bits per heavy atom. The molecule has 1 aromatic rings. The maximum Gasteiger partial charge on any atom is 0.316 e. The van der Waals surface area contributed by atoms with E-state index in [1.807, 2.05) is 0 Å². The summed E-state index contributed by atoms with van der Waals surface area (Å²) in [5, 5.41) is 0. The molecule has 0 N–H and O–H groups in total. The van der Waals surface area contributed by atoms with Crippen LogP contribution >= 0.6 is 0 Å². The molecular weight excluding hydrogens is 457 g/mol. The lowest BCUT2D eigenvalue weighted by Gasteiger charge is -2.44. The minimum atomic E-state index is -2.46. The average molecular weight is 503 g/mol. The zero-order chi connectivity index (χ0) is 23.4. The summed E-state index contributed by atoms with van der Waals surface area (Å²) in [6, 6.07) is 12.6. The molecule has 0 fully saturated rings. The summed E-state index contributed by atoms with van der Waals surface area (Å²) in [6.45, 7) is 26.7. The van der Waals surface area contributed by atoms with E-state index in [0.717, 1.165) is 12.1 Å². The van der Waals surface area contributed by atoms with E-state index in [0.29, 0.717) is 5.92 Å². The Balaban J connectivity index is 3.09. The van der Waals surface area contributed by atoms with Gasteiger partial charge in [0.2, 0.25) is 0 Å². The molecule has 0 aromatic heterocycles. The van der Waals surface area contributed by atoms with Crippen molar-refractivity contribution >= 4 is 42.3 Å². The van der Waals surface area contributed by atoms with Crippen molar-refractivity contribution in [1.82, 2.24) is 0 Å². The van der Waals surface area contributed by atoms with Gasteiger partial charge < -0.3 is 16.5 Å². The highest BCUT2D eigenvalue weighted by molar-refractivity contribution is 6.90. The van der Waals surface area contributed by atoms with Crippen molar-refractivity contribution in [3.8, 4) is 0 Å². The van der Waals surface area contributed by atoms with Gasteiger partial charge in [0, 0.05) is 0 Å². The second-order valence-corrected chi connectivity index (χ2v) is 31.3. The Morgan fingerprint density at radius 1 is 0.667 bits per heavy atom. The van der Waals surface area contributed by atoms with Gasteiger partial charge in [0.25, 0.3) is 0 Å². The second kappa shape index (κ2) is 10.4. The fourth-order valence-corrected chi connectivity index (χ4v) is 27.6. The Labute approximate surface area is 191 Å². The predicted molar refractivity (Wildman–Crippen MR) is 142 cm³/mol. The molecule has 0 amide bonds. The van der Waals surface area contributed by atoms with Crippen LogP contribution in [0.4, 0.5) is 0 Å². The van der Waals surface area contributed by atoms with E-state index >= 15 is 0 Å². The van der Waals surface area contributed by atoms with Gasteiger partial charge in [0.1, 0.15) is 0 Å². The minimum absolute atomic E-state index is 0.386. The molecule has 1 rings (SSSR count). The van der Waals surface area contributed by atoms with Gasteiger partial charge in [-0.15, -0.1) is 0 Å². The van der Waals surface area contributed by atoms with Gasteiger partial charge in [-0.3, -0.25) is 0 Å². The first-order valence-electron chi connectivity index (χ1n) is 11.2. The van der Waals surface area contributed by atoms with Crippen molar-refractivity contribution in [3.05, 3.63) is 35.9 Å². The van der Waals surface area contributed by atoms with Crippen LogP contribution in [-0.4, -0.2) is 42.3 Å². The topological polar surface area (TPSA) is 36.9 Å². The predicted octanol–water partition coefficient (Wildman–Crippen LogP) is 7.39. The molecule has 1 aromatic carbocycles. The van der Waals surface area contributed by atoms with Crippen molar-refractivity contribution in [2.75, 3.05) is 0 Å². The van der Waals surface area contributed by atoms with Crippen LogP contribution in [0.25, 0.3) is 0 Å². The van der Waals surface area contributed by atoms with Crippen molar-refractivity contribution in [2.45, 2.75) is 97.3 Å². The van der Waals surface area contributed by atoms with Crippen LogP contribution in [0, 0.1) is 0 Å². The lowest BCUT2D eigenvalue weighted by Crippen LogP contribution is -2.59. The highest BCUT2D eigenvalue weighted by Gasteiger charge is 2.48. The molecule has 0 bridgehead atoms. The molecule has 0 aliphatic rings. The Bertz CT molecular complexity index is 660. The van der Waals surface area contributed by atoms with E-state index in [1.54, 1.807) is 0 Å². The Hall–Kier alpha value is 0.144. The van der Waals surface area contributed by atoms with Crippen LogP contribution < -0.4 is 0 Å². The third kappa shape index (κ3) is 10.6. The smallest absolute Gasteiger partial charge is 0.316 e. The molecule has 174 valence electrons. The van der Waals surface area contributed by atoms with Crippen LogP contribution in [0.5, 0.6) is 0 Å². The molecule has 0 saturated carbocycles. The molecule has 0 heterocycles. The summed E-state index contributed by atoms with van der Waals surface area (Å²) in [4.78, 5) is 0. The normalized spacial score (nSPS) is 18.5. The molecule has 4 nitrogen and oxygen atoms in total. The summed E-state index contributed by atoms with van der Waals surface area (Å²) >= 11 is 0. The quantitative estimate of drug-likeness (QED) is 0.279. The maximum atomic E-state index is 6.94. The molecule has 0 spiro atoms. The molecule has 9 heteroatoms. The molecule has 3 atom stereocenters. The lowest BCUT2D eigenvalue weighted by atomic mass is 10.0. The average Bonchev–Trinajstić information content (AvgIpc) is 2.50. The molecule has 0 aliphatic heterocycles. The van der Waals surface area contributed by atoms with Crippen molar-refractivity contribution < 1.29 is 16.5 Å². The highest BCUT2D eigenvalue weighted by Crippen LogP contribution is 2.34. The van der Waals surface area contributed by atoms with E-state index in [4.69, 9.17) is 16.5 Å². The van der Waals surface area contributed by atoms with Crippen molar-refractivity contribution in [1.29, 1.82) is 0 Å². The monoisotopic (exact) mass is 502 g/mol. The number of hydrogen-bond acceptors (Lipinski definition) is 4. The minimum Gasteiger partial charge on any atom is -0.437 e. The molecule has 0 saturated heterocycles. The standard InChI is InChI=1S/C21H46O4Si5/c1-13-29(11,22-26(3,4)5)24-28(9,10)25-30(12,23-27(6,7)8)19-20(2)21-17-15-14-16-18-21/h14-18,20H,13,19H2,1-12H3. The van der Waals surface area contributed by atoms with E-state index in [1.165, 1.54) is 5.56 Å². The van der Waals surface area contributed by atoms with E-state index in [-0.39, 0.29) is 0 Å². The van der Waals surface area contributed by atoms with Gasteiger partial charge in [-0.1, -0.05) is 44.2 Å². The third-order valence-electron chi connectivity index (χ3n) is 4.66. The summed E-state index contributed by atoms with van der Waals surface area (Å²) in [5.41, 5.74) is 1.34. The fourth-order valence-electron chi connectivity index (χ4n) is 4.08. The molecule has 0 radical (unpaired) electrons. The van der Waals surface area contributed by atoms with Crippen LogP contribution in [0.2, 0.25) is 77.6 Å². The SMILES string of the molecule is CC[Si](C)(O[Si](C)(C)C)O[Si](C)(C)O[Si](C)(CC(C)c1ccccc1)O[Si](C)(C)C. The molecule has 0 aliphatic carbocycles. The molecule has 30 heavy (non-hydrogen) atoms. The molecular formula is C21H46O4Si5. The summed E-state index contributed by atoms with van der Waals surface area (Å²) in [5.74, 6) is 0.386. The van der Waals surface area contributed by atoms with Gasteiger partial charge in [-0.25, -0.2) is 0 Å². The maximum absolute atomic E-state index is 6.94.